The van der Waals surface area contributed by atoms with Crippen molar-refractivity contribution in [3.63, 3.8) is 0 Å². The van der Waals surface area contributed by atoms with E-state index in [4.69, 9.17) is 4.74 Å². The van der Waals surface area contributed by atoms with Crippen LogP contribution in [0, 0.1) is 0 Å². The van der Waals surface area contributed by atoms with Gasteiger partial charge >= 0.3 is 12.4 Å². The minimum atomic E-state index is -4.84. The van der Waals surface area contributed by atoms with Crippen molar-refractivity contribution in [2.45, 2.75) is 62.7 Å². The summed E-state index contributed by atoms with van der Waals surface area (Å²) in [5.74, 6) is 0.0209. The first-order chi connectivity index (χ1) is 18.9. The Bertz CT molecular complexity index is 1260. The highest BCUT2D eigenvalue weighted by atomic mass is 19.4. The van der Waals surface area contributed by atoms with Crippen molar-refractivity contribution in [2.24, 2.45) is 0 Å². The van der Waals surface area contributed by atoms with Crippen LogP contribution in [-0.2, 0) is 21.9 Å². The van der Waals surface area contributed by atoms with Gasteiger partial charge in [0.25, 0.3) is 5.56 Å². The number of hydrogen-bond donors (Lipinski definition) is 1. The molecule has 0 aliphatic carbocycles. The molecule has 0 aromatic carbocycles. The Labute approximate surface area is 224 Å². The van der Waals surface area contributed by atoms with Crippen LogP contribution in [0.25, 0.3) is 0 Å². The summed E-state index contributed by atoms with van der Waals surface area (Å²) in [6.07, 6.45) is -5.20. The van der Waals surface area contributed by atoms with Gasteiger partial charge in [-0.15, -0.1) is 0 Å². The third-order valence-corrected chi connectivity index (χ3v) is 7.58. The fourth-order valence-electron chi connectivity index (χ4n) is 5.64. The largest absolute Gasteiger partial charge is 0.423 e. The summed E-state index contributed by atoms with van der Waals surface area (Å²) >= 11 is 0. The molecular weight excluding hydrogens is 548 g/mol. The third kappa shape index (κ3) is 5.86. The zero-order valence-electron chi connectivity index (χ0n) is 21.2. The zero-order chi connectivity index (χ0) is 28.7. The third-order valence-electron chi connectivity index (χ3n) is 7.58. The maximum Gasteiger partial charge on any atom is 0.423 e. The number of H-pyrrole nitrogens is 1. The van der Waals surface area contributed by atoms with Gasteiger partial charge in [-0.2, -0.15) is 31.4 Å². The molecule has 3 aliphatic rings. The number of ether oxygens (including phenoxy) is 1. The van der Waals surface area contributed by atoms with Crippen LogP contribution in [0.3, 0.4) is 0 Å². The maximum absolute atomic E-state index is 13.6. The smallest absolute Gasteiger partial charge is 0.372 e. The van der Waals surface area contributed by atoms with Gasteiger partial charge in [-0.25, -0.2) is 15.1 Å². The van der Waals surface area contributed by atoms with E-state index in [1.54, 1.807) is 14.7 Å². The van der Waals surface area contributed by atoms with Gasteiger partial charge in [-0.1, -0.05) is 0 Å². The van der Waals surface area contributed by atoms with Crippen LogP contribution in [-0.4, -0.2) is 81.9 Å². The maximum atomic E-state index is 13.6. The van der Waals surface area contributed by atoms with Crippen molar-refractivity contribution in [1.29, 1.82) is 0 Å². The van der Waals surface area contributed by atoms with Crippen LogP contribution in [0.5, 0.6) is 0 Å². The van der Waals surface area contributed by atoms with E-state index in [0.29, 0.717) is 58.4 Å². The Hall–Kier alpha value is -3.43. The molecule has 3 atom stereocenters. The number of anilines is 2. The first-order valence-corrected chi connectivity index (χ1v) is 12.9. The summed E-state index contributed by atoms with van der Waals surface area (Å²) in [5, 5.41) is 5.44. The molecule has 0 spiro atoms. The van der Waals surface area contributed by atoms with Crippen molar-refractivity contribution in [3.05, 3.63) is 40.1 Å². The van der Waals surface area contributed by atoms with Crippen LogP contribution >= 0.6 is 0 Å². The van der Waals surface area contributed by atoms with E-state index in [2.05, 4.69) is 15.1 Å². The summed E-state index contributed by atoms with van der Waals surface area (Å²) in [6.45, 7) is 1.72. The number of nitrogens with one attached hydrogen (secondary N) is 1. The minimum Gasteiger partial charge on any atom is -0.372 e. The van der Waals surface area contributed by atoms with Gasteiger partial charge in [0.2, 0.25) is 11.9 Å². The molecule has 2 aromatic rings. The van der Waals surface area contributed by atoms with Gasteiger partial charge in [0.1, 0.15) is 5.56 Å². The first kappa shape index (κ1) is 28.1. The van der Waals surface area contributed by atoms with Crippen LogP contribution < -0.4 is 15.4 Å². The van der Waals surface area contributed by atoms with Gasteiger partial charge in [0.05, 0.1) is 42.1 Å². The summed E-state index contributed by atoms with van der Waals surface area (Å²) < 4.78 is 85.3. The fraction of sp³-hybridized carbons (Fsp3) is 0.625. The van der Waals surface area contributed by atoms with Crippen LogP contribution in [0.1, 0.15) is 43.2 Å². The van der Waals surface area contributed by atoms with Crippen molar-refractivity contribution in [3.8, 4) is 0 Å². The number of carbonyl (C=O) groups excluding carboxylic acids is 1. The lowest BCUT2D eigenvalue weighted by Crippen LogP contribution is -2.49. The molecule has 218 valence electrons. The Morgan fingerprint density at radius 1 is 0.950 bits per heavy atom. The van der Waals surface area contributed by atoms with Gasteiger partial charge in [-0.3, -0.25) is 9.59 Å². The molecule has 0 unspecified atom stereocenters. The highest BCUT2D eigenvalue weighted by Crippen LogP contribution is 2.39. The average Bonchev–Trinajstić information content (AvgIpc) is 3.57. The molecule has 0 radical (unpaired) electrons. The predicted molar refractivity (Wildman–Crippen MR) is 129 cm³/mol. The second-order valence-corrected chi connectivity index (χ2v) is 10.1. The number of hydrogen-bond acceptors (Lipinski definition) is 8. The predicted octanol–water partition coefficient (Wildman–Crippen LogP) is 2.85. The van der Waals surface area contributed by atoms with Gasteiger partial charge in [0.15, 0.2) is 0 Å². The Morgan fingerprint density at radius 3 is 2.30 bits per heavy atom. The molecule has 3 saturated heterocycles. The molecule has 1 amide bonds. The average molecular weight is 576 g/mol. The van der Waals surface area contributed by atoms with E-state index in [-0.39, 0.29) is 30.0 Å². The van der Waals surface area contributed by atoms with Gasteiger partial charge < -0.3 is 19.4 Å². The van der Waals surface area contributed by atoms with Crippen LogP contribution in [0.15, 0.2) is 23.4 Å². The van der Waals surface area contributed by atoms with E-state index in [1.165, 1.54) is 0 Å². The van der Waals surface area contributed by atoms with Gasteiger partial charge in [-0.05, 0) is 25.7 Å². The minimum absolute atomic E-state index is 0.111. The van der Waals surface area contributed by atoms with E-state index in [9.17, 15) is 35.9 Å². The SMILES string of the molecule is O=C(C[C@@H]1CC[C@H]([C@@H]2CCCN2c2cn[nH]c(=O)c2C(F)(F)F)O1)N1CCN(c2ncc(C(F)(F)F)cn2)CC1. The molecular formula is C24H27F6N7O3. The lowest BCUT2D eigenvalue weighted by atomic mass is 10.0. The summed E-state index contributed by atoms with van der Waals surface area (Å²) in [4.78, 5) is 37.4. The van der Waals surface area contributed by atoms with E-state index in [0.717, 1.165) is 18.6 Å². The Kier molecular flexibility index (Phi) is 7.63. The van der Waals surface area contributed by atoms with Crippen molar-refractivity contribution in [1.82, 2.24) is 25.1 Å². The molecule has 5 rings (SSSR count). The topological polar surface area (TPSA) is 108 Å². The normalized spacial score (nSPS) is 24.1. The van der Waals surface area contributed by atoms with Crippen molar-refractivity contribution < 1.29 is 35.9 Å². The van der Waals surface area contributed by atoms with Crippen LogP contribution in [0.4, 0.5) is 38.0 Å². The molecule has 0 saturated carbocycles. The molecule has 16 heteroatoms. The lowest BCUT2D eigenvalue weighted by molar-refractivity contribution is -0.139. The second-order valence-electron chi connectivity index (χ2n) is 10.1. The number of alkyl halides is 6. The number of aromatic amines is 1. The Balaban J connectivity index is 1.15. The summed E-state index contributed by atoms with van der Waals surface area (Å²) in [6, 6.07) is -0.378. The zero-order valence-corrected chi connectivity index (χ0v) is 21.2. The highest BCUT2D eigenvalue weighted by Gasteiger charge is 2.44. The van der Waals surface area contributed by atoms with Gasteiger partial charge in [0, 0.05) is 45.1 Å². The number of rotatable bonds is 5. The second kappa shape index (κ2) is 10.9. The summed E-state index contributed by atoms with van der Waals surface area (Å²) in [7, 11) is 0. The standard InChI is InChI=1S/C24H27F6N7O3/c25-23(26,27)14-11-31-22(32-12-14)36-8-6-35(7-9-36)19(38)10-15-3-4-18(40-15)16-2-1-5-37(16)17-13-33-34-21(39)20(17)24(28,29)30/h11-13,15-16,18H,1-10H2,(H,34,39)/t15-,16-,18+/m0/s1. The first-order valence-electron chi connectivity index (χ1n) is 12.9. The van der Waals surface area contributed by atoms with Crippen LogP contribution in [0.2, 0.25) is 0 Å². The molecule has 3 fully saturated rings. The number of halogens is 6. The van der Waals surface area contributed by atoms with E-state index < -0.39 is 41.2 Å². The molecule has 0 bridgehead atoms. The highest BCUT2D eigenvalue weighted by molar-refractivity contribution is 5.77. The molecule has 2 aromatic heterocycles. The Morgan fingerprint density at radius 2 is 1.65 bits per heavy atom. The lowest BCUT2D eigenvalue weighted by Gasteiger charge is -2.35. The fourth-order valence-corrected chi connectivity index (χ4v) is 5.64. The summed E-state index contributed by atoms with van der Waals surface area (Å²) in [5.41, 5.74) is -3.77. The van der Waals surface area contributed by atoms with Crippen molar-refractivity contribution >= 4 is 17.5 Å². The number of aromatic nitrogens is 4. The number of piperazine rings is 1. The van der Waals surface area contributed by atoms with E-state index >= 15 is 0 Å². The molecule has 10 nitrogen and oxygen atoms in total. The number of amides is 1. The number of carbonyl (C=O) groups is 1. The molecule has 1 N–H and O–H groups in total. The molecule has 5 heterocycles. The molecule has 40 heavy (non-hydrogen) atoms. The molecule has 3 aliphatic heterocycles. The number of nitrogens with zero attached hydrogens (tertiary/aromatic N) is 6. The quantitative estimate of drug-likeness (QED) is 0.543. The van der Waals surface area contributed by atoms with Crippen molar-refractivity contribution in [2.75, 3.05) is 42.5 Å². The van der Waals surface area contributed by atoms with E-state index in [1.807, 2.05) is 5.10 Å². The monoisotopic (exact) mass is 575 g/mol.